The monoisotopic (exact) mass is 324 g/mol. The Morgan fingerprint density at radius 1 is 1.00 bits per heavy atom. The number of carboxylic acid groups (broad SMARTS) is 1. The summed E-state index contributed by atoms with van der Waals surface area (Å²) in [6.45, 7) is 0. The molecule has 2 rings (SSSR count). The lowest BCUT2D eigenvalue weighted by atomic mass is 10.1. The van der Waals surface area contributed by atoms with Gasteiger partial charge in [-0.1, -0.05) is 29.4 Å². The van der Waals surface area contributed by atoms with Crippen LogP contribution in [0.1, 0.15) is 27.1 Å². The molecule has 0 atom stereocenters. The molecule has 0 saturated heterocycles. The van der Waals surface area contributed by atoms with Crippen LogP contribution in [0.15, 0.2) is 53.6 Å². The predicted octanol–water partition coefficient (Wildman–Crippen LogP) is 3.54. The molecular weight excluding hydrogens is 312 g/mol. The van der Waals surface area contributed by atoms with Gasteiger partial charge in [-0.15, -0.1) is 0 Å². The number of hydrogen-bond donors (Lipinski definition) is 2. The van der Waals surface area contributed by atoms with Crippen molar-refractivity contribution in [2.24, 2.45) is 5.11 Å². The standard InChI is InChI=1S/C16H12N4O4/c17-20-19-13-7-1-10(2-8-13)14(21)9-15(22)18-12-5-3-11(4-6-12)16(23)24/h1-8H,9H2,(H,18,22)(H,23,24). The van der Waals surface area contributed by atoms with E-state index < -0.39 is 11.9 Å². The normalized spacial score (nSPS) is 9.67. The van der Waals surface area contributed by atoms with Crippen LogP contribution in [-0.4, -0.2) is 22.8 Å². The number of carboxylic acids is 1. The van der Waals surface area contributed by atoms with Crippen LogP contribution < -0.4 is 5.32 Å². The van der Waals surface area contributed by atoms with Crippen molar-refractivity contribution in [2.75, 3.05) is 5.32 Å². The summed E-state index contributed by atoms with van der Waals surface area (Å²) in [5.41, 5.74) is 9.51. The van der Waals surface area contributed by atoms with Gasteiger partial charge in [0.2, 0.25) is 5.91 Å². The fourth-order valence-corrected chi connectivity index (χ4v) is 1.91. The van der Waals surface area contributed by atoms with E-state index in [0.717, 1.165) is 0 Å². The number of azide groups is 1. The van der Waals surface area contributed by atoms with Gasteiger partial charge in [0.15, 0.2) is 5.78 Å². The minimum absolute atomic E-state index is 0.101. The summed E-state index contributed by atoms with van der Waals surface area (Å²) in [4.78, 5) is 37.3. The molecule has 2 aromatic carbocycles. The second kappa shape index (κ2) is 7.57. The van der Waals surface area contributed by atoms with Gasteiger partial charge in [0.1, 0.15) is 0 Å². The molecule has 0 fully saturated rings. The molecule has 2 aromatic rings. The first-order valence-corrected chi connectivity index (χ1v) is 6.81. The first kappa shape index (κ1) is 16.7. The molecule has 0 heterocycles. The van der Waals surface area contributed by atoms with E-state index in [4.69, 9.17) is 10.6 Å². The number of rotatable bonds is 6. The highest BCUT2D eigenvalue weighted by Crippen LogP contribution is 2.15. The van der Waals surface area contributed by atoms with E-state index in [1.54, 1.807) is 0 Å². The Bertz CT molecular complexity index is 822. The summed E-state index contributed by atoms with van der Waals surface area (Å²) in [7, 11) is 0. The number of anilines is 1. The van der Waals surface area contributed by atoms with E-state index in [1.165, 1.54) is 48.5 Å². The zero-order valence-electron chi connectivity index (χ0n) is 12.3. The quantitative estimate of drug-likeness (QED) is 0.276. The largest absolute Gasteiger partial charge is 0.478 e. The Balaban J connectivity index is 1.97. The molecule has 120 valence electrons. The van der Waals surface area contributed by atoms with Crippen LogP contribution in [-0.2, 0) is 4.79 Å². The van der Waals surface area contributed by atoms with Crippen LogP contribution in [0.25, 0.3) is 10.4 Å². The SMILES string of the molecule is [N-]=[N+]=Nc1ccc(C(=O)CC(=O)Nc2ccc(C(=O)O)cc2)cc1. The molecule has 24 heavy (non-hydrogen) atoms. The second-order valence-corrected chi connectivity index (χ2v) is 4.77. The minimum Gasteiger partial charge on any atom is -0.478 e. The molecule has 0 unspecified atom stereocenters. The number of nitrogens with zero attached hydrogens (tertiary/aromatic N) is 3. The second-order valence-electron chi connectivity index (χ2n) is 4.77. The van der Waals surface area contributed by atoms with Gasteiger partial charge >= 0.3 is 5.97 Å². The maximum absolute atomic E-state index is 12.0. The molecule has 0 bridgehead atoms. The first-order valence-electron chi connectivity index (χ1n) is 6.81. The Morgan fingerprint density at radius 2 is 1.58 bits per heavy atom. The topological polar surface area (TPSA) is 132 Å². The Hall–Kier alpha value is -3.64. The van der Waals surface area contributed by atoms with E-state index in [9.17, 15) is 14.4 Å². The van der Waals surface area contributed by atoms with Crippen LogP contribution in [0.4, 0.5) is 11.4 Å². The zero-order valence-corrected chi connectivity index (χ0v) is 12.3. The van der Waals surface area contributed by atoms with Gasteiger partial charge in [-0.2, -0.15) is 0 Å². The lowest BCUT2D eigenvalue weighted by Crippen LogP contribution is -2.16. The van der Waals surface area contributed by atoms with Gasteiger partial charge in [0.25, 0.3) is 0 Å². The molecule has 8 heteroatoms. The number of nitrogens with one attached hydrogen (secondary N) is 1. The third kappa shape index (κ3) is 4.43. The van der Waals surface area contributed by atoms with E-state index in [2.05, 4.69) is 15.3 Å². The zero-order chi connectivity index (χ0) is 17.5. The Kier molecular flexibility index (Phi) is 5.28. The lowest BCUT2D eigenvalue weighted by molar-refractivity contribution is -0.115. The van der Waals surface area contributed by atoms with E-state index in [-0.39, 0.29) is 17.8 Å². The third-order valence-corrected chi connectivity index (χ3v) is 3.09. The van der Waals surface area contributed by atoms with Crippen molar-refractivity contribution in [3.8, 4) is 0 Å². The van der Waals surface area contributed by atoms with Crippen LogP contribution in [0, 0.1) is 0 Å². The number of aromatic carboxylic acids is 1. The van der Waals surface area contributed by atoms with Crippen LogP contribution >= 0.6 is 0 Å². The highest BCUT2D eigenvalue weighted by atomic mass is 16.4. The fraction of sp³-hybridized carbons (Fsp3) is 0.0625. The van der Waals surface area contributed by atoms with Gasteiger partial charge < -0.3 is 10.4 Å². The van der Waals surface area contributed by atoms with E-state index in [0.29, 0.717) is 16.9 Å². The summed E-state index contributed by atoms with van der Waals surface area (Å²) in [5.74, 6) is -1.96. The number of hydrogen-bond acceptors (Lipinski definition) is 4. The first-order chi connectivity index (χ1) is 11.5. The maximum Gasteiger partial charge on any atom is 0.335 e. The van der Waals surface area contributed by atoms with Crippen molar-refractivity contribution in [1.29, 1.82) is 0 Å². The molecule has 0 spiro atoms. The molecule has 0 aromatic heterocycles. The molecule has 0 aliphatic heterocycles. The number of ketones is 1. The Morgan fingerprint density at radius 3 is 2.12 bits per heavy atom. The number of amides is 1. The number of benzene rings is 2. The van der Waals surface area contributed by atoms with Crippen molar-refractivity contribution in [1.82, 2.24) is 0 Å². The van der Waals surface area contributed by atoms with Gasteiger partial charge in [-0.3, -0.25) is 9.59 Å². The molecule has 0 aliphatic rings. The summed E-state index contributed by atoms with van der Waals surface area (Å²) in [6, 6.07) is 11.5. The van der Waals surface area contributed by atoms with Gasteiger partial charge in [-0.25, -0.2) is 4.79 Å². The van der Waals surface area contributed by atoms with E-state index in [1.807, 2.05) is 0 Å². The predicted molar refractivity (Wildman–Crippen MR) is 86.2 cm³/mol. The minimum atomic E-state index is -1.06. The highest BCUT2D eigenvalue weighted by molar-refractivity contribution is 6.11. The summed E-state index contributed by atoms with van der Waals surface area (Å²) >= 11 is 0. The highest BCUT2D eigenvalue weighted by Gasteiger charge is 2.12. The molecule has 1 amide bonds. The average molecular weight is 324 g/mol. The van der Waals surface area contributed by atoms with Crippen molar-refractivity contribution in [3.05, 3.63) is 70.1 Å². The smallest absolute Gasteiger partial charge is 0.335 e. The number of carbonyl (C=O) groups excluding carboxylic acids is 2. The number of Topliss-reactive ketones (excluding diaryl/α,β-unsaturated/α-hetero) is 1. The van der Waals surface area contributed by atoms with Gasteiger partial charge in [0.05, 0.1) is 12.0 Å². The fourth-order valence-electron chi connectivity index (χ4n) is 1.91. The van der Waals surface area contributed by atoms with Crippen LogP contribution in [0.2, 0.25) is 0 Å². The summed E-state index contributed by atoms with van der Waals surface area (Å²) in [5, 5.41) is 14.7. The molecule has 8 nitrogen and oxygen atoms in total. The molecule has 0 radical (unpaired) electrons. The van der Waals surface area contributed by atoms with Crippen molar-refractivity contribution in [2.45, 2.75) is 6.42 Å². The van der Waals surface area contributed by atoms with Crippen molar-refractivity contribution >= 4 is 29.0 Å². The average Bonchev–Trinajstić information content (AvgIpc) is 2.56. The number of carbonyl (C=O) groups is 3. The van der Waals surface area contributed by atoms with Crippen molar-refractivity contribution < 1.29 is 19.5 Å². The summed E-state index contributed by atoms with van der Waals surface area (Å²) < 4.78 is 0. The maximum atomic E-state index is 12.0. The summed E-state index contributed by atoms with van der Waals surface area (Å²) in [6.07, 6.45) is -0.360. The van der Waals surface area contributed by atoms with Gasteiger partial charge in [-0.05, 0) is 29.8 Å². The lowest BCUT2D eigenvalue weighted by Gasteiger charge is -2.05. The molecule has 0 saturated carbocycles. The van der Waals surface area contributed by atoms with Crippen LogP contribution in [0.5, 0.6) is 0 Å². The van der Waals surface area contributed by atoms with Crippen molar-refractivity contribution in [3.63, 3.8) is 0 Å². The third-order valence-electron chi connectivity index (χ3n) is 3.09. The molecule has 0 aliphatic carbocycles. The van der Waals surface area contributed by atoms with Crippen LogP contribution in [0.3, 0.4) is 0 Å². The Labute approximate surface area is 136 Å². The van der Waals surface area contributed by atoms with Gasteiger partial charge in [0, 0.05) is 21.8 Å². The molecule has 2 N–H and O–H groups in total. The molecular formula is C16H12N4O4. The van der Waals surface area contributed by atoms with E-state index >= 15 is 0 Å².